The third kappa shape index (κ3) is 4.94. The Balaban J connectivity index is 0.000000364. The van der Waals surface area contributed by atoms with Crippen LogP contribution in [0, 0.1) is 24.4 Å². The zero-order valence-electron chi connectivity index (χ0n) is 7.00. The Morgan fingerprint density at radius 3 is 1.79 bits per heavy atom. The Bertz CT molecular complexity index is 272. The predicted octanol–water partition coefficient (Wildman–Crippen LogP) is 4.40. The number of alkyl halides is 3. The van der Waals surface area contributed by atoms with E-state index in [4.69, 9.17) is 34.8 Å². The largest absolute Gasteiger partial charge is 0.204 e. The summed E-state index contributed by atoms with van der Waals surface area (Å²) < 4.78 is 36.0. The lowest BCUT2D eigenvalue weighted by atomic mass is 10.2. The molecule has 0 N–H and O–H groups in total. The number of benzene rings is 1. The summed E-state index contributed by atoms with van der Waals surface area (Å²) in [6.07, 6.45) is 0. The van der Waals surface area contributed by atoms with Crippen LogP contribution in [-0.2, 0) is 0 Å². The van der Waals surface area contributed by atoms with E-state index in [1.54, 1.807) is 0 Å². The van der Waals surface area contributed by atoms with Gasteiger partial charge in [0.05, 0.1) is 0 Å². The van der Waals surface area contributed by atoms with Crippen molar-refractivity contribution >= 4 is 34.8 Å². The highest BCUT2D eigenvalue weighted by molar-refractivity contribution is 6.63. The van der Waals surface area contributed by atoms with E-state index in [1.165, 1.54) is 13.0 Å². The molecular formula is C8H6Cl3F3. The molecule has 80 valence electrons. The summed E-state index contributed by atoms with van der Waals surface area (Å²) in [4.78, 5) is 0. The summed E-state index contributed by atoms with van der Waals surface area (Å²) in [5.41, 5.74) is 0.110. The highest BCUT2D eigenvalue weighted by atomic mass is 35.6. The molecule has 0 radical (unpaired) electrons. The van der Waals surface area contributed by atoms with Crippen LogP contribution in [0.2, 0.25) is 0 Å². The van der Waals surface area contributed by atoms with Gasteiger partial charge in [0.25, 0.3) is 0 Å². The monoisotopic (exact) mass is 264 g/mol. The minimum absolute atomic E-state index is 0.110. The van der Waals surface area contributed by atoms with Gasteiger partial charge in [-0.1, -0.05) is 40.9 Å². The normalized spacial score (nSPS) is 9.71. The van der Waals surface area contributed by atoms with Gasteiger partial charge in [0.15, 0.2) is 21.7 Å². The molecule has 1 aromatic rings. The van der Waals surface area contributed by atoms with Gasteiger partial charge < -0.3 is 0 Å². The van der Waals surface area contributed by atoms with Gasteiger partial charge in [-0.15, -0.1) is 0 Å². The van der Waals surface area contributed by atoms with Crippen molar-refractivity contribution in [2.45, 2.75) is 11.2 Å². The van der Waals surface area contributed by atoms with Crippen LogP contribution in [0.15, 0.2) is 12.1 Å². The van der Waals surface area contributed by atoms with Crippen LogP contribution < -0.4 is 0 Å². The molecule has 0 spiro atoms. The van der Waals surface area contributed by atoms with Crippen LogP contribution in [0.5, 0.6) is 0 Å². The molecule has 6 heteroatoms. The molecule has 0 saturated carbocycles. The molecule has 0 saturated heterocycles. The average Bonchev–Trinajstić information content (AvgIpc) is 2.07. The fourth-order valence-corrected chi connectivity index (χ4v) is 0.622. The number of hydrogen-bond acceptors (Lipinski definition) is 0. The van der Waals surface area contributed by atoms with Gasteiger partial charge in [0, 0.05) is 0 Å². The predicted molar refractivity (Wildman–Crippen MR) is 52.4 cm³/mol. The summed E-state index contributed by atoms with van der Waals surface area (Å²) in [5, 5.41) is 0. The molecule has 1 rings (SSSR count). The maximum atomic E-state index is 12.4. The minimum Gasteiger partial charge on any atom is -0.204 e. The van der Waals surface area contributed by atoms with Gasteiger partial charge in [-0.2, -0.15) is 0 Å². The molecule has 0 fully saturated rings. The molecule has 1 aromatic carbocycles. The van der Waals surface area contributed by atoms with Crippen molar-refractivity contribution < 1.29 is 13.2 Å². The van der Waals surface area contributed by atoms with Gasteiger partial charge in [-0.05, 0) is 18.6 Å². The smallest absolute Gasteiger partial charge is 0.194 e. The van der Waals surface area contributed by atoms with E-state index in [2.05, 4.69) is 0 Å². The lowest BCUT2D eigenvalue weighted by molar-refractivity contribution is 0.443. The molecule has 0 atom stereocenters. The summed E-state index contributed by atoms with van der Waals surface area (Å²) in [7, 11) is 0. The highest BCUT2D eigenvalue weighted by Crippen LogP contribution is 2.13. The number of hydrogen-bond donors (Lipinski definition) is 0. The first-order valence-corrected chi connectivity index (χ1v) is 4.69. The highest BCUT2D eigenvalue weighted by Gasteiger charge is 2.09. The molecule has 0 amide bonds. The maximum Gasteiger partial charge on any atom is 0.194 e. The van der Waals surface area contributed by atoms with Crippen LogP contribution in [0.3, 0.4) is 0 Å². The second-order valence-electron chi connectivity index (χ2n) is 2.24. The first-order chi connectivity index (χ1) is 6.36. The zero-order chi connectivity index (χ0) is 11.3. The number of rotatable bonds is 0. The van der Waals surface area contributed by atoms with Crippen molar-refractivity contribution in [3.8, 4) is 0 Å². The van der Waals surface area contributed by atoms with Crippen molar-refractivity contribution in [3.63, 3.8) is 0 Å². The molecule has 14 heavy (non-hydrogen) atoms. The van der Waals surface area contributed by atoms with E-state index in [9.17, 15) is 13.2 Å². The molecule has 0 nitrogen and oxygen atoms in total. The van der Waals surface area contributed by atoms with Crippen LogP contribution in [0.25, 0.3) is 0 Å². The molecule has 0 aliphatic carbocycles. The number of halogens is 6. The Morgan fingerprint density at radius 1 is 1.00 bits per heavy atom. The molecular weight excluding hydrogens is 259 g/mol. The topological polar surface area (TPSA) is 0 Å². The van der Waals surface area contributed by atoms with Gasteiger partial charge in [0.1, 0.15) is 0 Å². The van der Waals surface area contributed by atoms with Gasteiger partial charge in [0.2, 0.25) is 0 Å². The molecule has 0 aliphatic heterocycles. The second-order valence-corrected chi connectivity index (χ2v) is 4.22. The fourth-order valence-electron chi connectivity index (χ4n) is 0.622. The van der Waals surface area contributed by atoms with Gasteiger partial charge in [-0.25, -0.2) is 13.2 Å². The average molecular weight is 265 g/mol. The fraction of sp³-hybridized carbons (Fsp3) is 0.250. The number of aryl methyl sites for hydroxylation is 1. The van der Waals surface area contributed by atoms with E-state index in [1.807, 2.05) is 0 Å². The van der Waals surface area contributed by atoms with Gasteiger partial charge >= 0.3 is 0 Å². The summed E-state index contributed by atoms with van der Waals surface area (Å²) in [6.45, 7) is 1.37. The van der Waals surface area contributed by atoms with E-state index < -0.39 is 21.7 Å². The third-order valence-electron chi connectivity index (χ3n) is 1.23. The lowest BCUT2D eigenvalue weighted by Gasteiger charge is -1.96. The summed E-state index contributed by atoms with van der Waals surface area (Å²) in [6, 6.07) is 2.08. The van der Waals surface area contributed by atoms with Crippen molar-refractivity contribution in [3.05, 3.63) is 35.1 Å². The molecule has 0 heterocycles. The maximum absolute atomic E-state index is 12.4. The Hall–Kier alpha value is -0.120. The summed E-state index contributed by atoms with van der Waals surface area (Å²) in [5.74, 6) is -3.66. The zero-order valence-corrected chi connectivity index (χ0v) is 9.27. The second kappa shape index (κ2) is 6.38. The Labute approximate surface area is 94.6 Å². The van der Waals surface area contributed by atoms with E-state index >= 15 is 0 Å². The van der Waals surface area contributed by atoms with Crippen LogP contribution in [0.4, 0.5) is 13.2 Å². The van der Waals surface area contributed by atoms with Crippen molar-refractivity contribution in [1.82, 2.24) is 0 Å². The van der Waals surface area contributed by atoms with Crippen LogP contribution in [0.1, 0.15) is 5.56 Å². The molecule has 0 aliphatic rings. The minimum atomic E-state index is -1.40. The first kappa shape index (κ1) is 13.9. The van der Waals surface area contributed by atoms with Crippen molar-refractivity contribution in [2.24, 2.45) is 0 Å². The quantitative estimate of drug-likeness (QED) is 0.482. The van der Waals surface area contributed by atoms with Gasteiger partial charge in [-0.3, -0.25) is 0 Å². The molecule has 0 aromatic heterocycles. The van der Waals surface area contributed by atoms with E-state index in [0.717, 1.165) is 6.07 Å². The summed E-state index contributed by atoms with van der Waals surface area (Å²) >= 11 is 14.4. The Kier molecular flexibility index (Phi) is 6.33. The standard InChI is InChI=1S/C7H5F3.CHCl3/c1-4-2-3-5(8)7(10)6(4)9;2-1(3)4/h2-3H,1H3;1H. The van der Waals surface area contributed by atoms with Crippen molar-refractivity contribution in [1.29, 1.82) is 0 Å². The molecule has 0 bridgehead atoms. The third-order valence-corrected chi connectivity index (χ3v) is 1.23. The molecule has 0 unspecified atom stereocenters. The van der Waals surface area contributed by atoms with Crippen LogP contribution in [-0.4, -0.2) is 4.30 Å². The lowest BCUT2D eigenvalue weighted by Crippen LogP contribution is -1.92. The van der Waals surface area contributed by atoms with Crippen LogP contribution >= 0.6 is 34.8 Å². The van der Waals surface area contributed by atoms with E-state index in [0.29, 0.717) is 0 Å². The Morgan fingerprint density at radius 2 is 1.43 bits per heavy atom. The van der Waals surface area contributed by atoms with E-state index in [-0.39, 0.29) is 5.56 Å². The first-order valence-electron chi connectivity index (χ1n) is 3.38. The SMILES string of the molecule is Cc1ccc(F)c(F)c1F.ClC(Cl)Cl. The van der Waals surface area contributed by atoms with Crippen molar-refractivity contribution in [2.75, 3.05) is 0 Å².